The molecular weight excluding hydrogens is 342 g/mol. The SMILES string of the molecule is CCc1cc(NC(=O)Cc2ccc(OC)cc2)nn1-c1ccc(OC)cc1. The molecule has 27 heavy (non-hydrogen) atoms. The standard InChI is InChI=1S/C21H23N3O3/c1-4-16-14-20(23-24(16)17-7-11-19(27-3)12-8-17)22-21(25)13-15-5-9-18(26-2)10-6-15/h5-12,14H,4,13H2,1-3H3,(H,22,23,25). The number of hydrogen-bond donors (Lipinski definition) is 1. The van der Waals surface area contributed by atoms with Gasteiger partial charge in [-0.1, -0.05) is 19.1 Å². The fraction of sp³-hybridized carbons (Fsp3) is 0.238. The zero-order valence-electron chi connectivity index (χ0n) is 15.7. The maximum absolute atomic E-state index is 12.4. The van der Waals surface area contributed by atoms with Crippen molar-refractivity contribution in [2.24, 2.45) is 0 Å². The van der Waals surface area contributed by atoms with Crippen LogP contribution in [0.15, 0.2) is 54.6 Å². The summed E-state index contributed by atoms with van der Waals surface area (Å²) < 4.78 is 12.2. The molecule has 1 amide bonds. The average Bonchev–Trinajstić information content (AvgIpc) is 3.11. The van der Waals surface area contributed by atoms with E-state index in [9.17, 15) is 4.79 Å². The van der Waals surface area contributed by atoms with E-state index in [1.807, 2.05) is 59.3 Å². The van der Waals surface area contributed by atoms with Crippen molar-refractivity contribution in [2.75, 3.05) is 19.5 Å². The lowest BCUT2D eigenvalue weighted by atomic mass is 10.1. The van der Waals surface area contributed by atoms with E-state index in [-0.39, 0.29) is 12.3 Å². The van der Waals surface area contributed by atoms with Crippen LogP contribution in [0.2, 0.25) is 0 Å². The first-order valence-electron chi connectivity index (χ1n) is 8.79. The lowest BCUT2D eigenvalue weighted by Crippen LogP contribution is -2.15. The first kappa shape index (κ1) is 18.5. The summed E-state index contributed by atoms with van der Waals surface area (Å²) in [6.07, 6.45) is 1.08. The number of benzene rings is 2. The molecule has 1 heterocycles. The van der Waals surface area contributed by atoms with E-state index in [4.69, 9.17) is 9.47 Å². The predicted molar refractivity (Wildman–Crippen MR) is 105 cm³/mol. The second-order valence-corrected chi connectivity index (χ2v) is 6.06. The summed E-state index contributed by atoms with van der Waals surface area (Å²) >= 11 is 0. The molecule has 0 radical (unpaired) electrons. The molecule has 0 unspecified atom stereocenters. The molecule has 0 aliphatic carbocycles. The van der Waals surface area contributed by atoms with E-state index in [1.165, 1.54) is 0 Å². The van der Waals surface area contributed by atoms with Gasteiger partial charge in [0.1, 0.15) is 11.5 Å². The molecule has 0 spiro atoms. The van der Waals surface area contributed by atoms with Crippen LogP contribution in [0, 0.1) is 0 Å². The number of aryl methyl sites for hydroxylation is 1. The fourth-order valence-corrected chi connectivity index (χ4v) is 2.80. The van der Waals surface area contributed by atoms with Crippen LogP contribution in [0.5, 0.6) is 11.5 Å². The molecule has 6 heteroatoms. The maximum atomic E-state index is 12.4. The van der Waals surface area contributed by atoms with E-state index in [0.29, 0.717) is 5.82 Å². The number of anilines is 1. The quantitative estimate of drug-likeness (QED) is 0.694. The van der Waals surface area contributed by atoms with Crippen LogP contribution in [0.25, 0.3) is 5.69 Å². The summed E-state index contributed by atoms with van der Waals surface area (Å²) in [7, 11) is 3.25. The number of carbonyl (C=O) groups is 1. The molecule has 0 saturated heterocycles. The molecule has 0 atom stereocenters. The van der Waals surface area contributed by atoms with E-state index in [2.05, 4.69) is 17.3 Å². The Morgan fingerprint density at radius 2 is 1.59 bits per heavy atom. The summed E-state index contributed by atoms with van der Waals surface area (Å²) in [5.41, 5.74) is 2.85. The Labute approximate surface area is 158 Å². The van der Waals surface area contributed by atoms with Crippen LogP contribution < -0.4 is 14.8 Å². The molecule has 1 N–H and O–H groups in total. The molecule has 3 aromatic rings. The normalized spacial score (nSPS) is 10.5. The van der Waals surface area contributed by atoms with Crippen LogP contribution >= 0.6 is 0 Å². The number of rotatable bonds is 7. The number of methoxy groups -OCH3 is 2. The Bertz CT molecular complexity index is 899. The minimum absolute atomic E-state index is 0.109. The molecule has 140 valence electrons. The predicted octanol–water partition coefficient (Wildman–Crippen LogP) is 3.63. The van der Waals surface area contributed by atoms with E-state index < -0.39 is 0 Å². The number of nitrogens with zero attached hydrogens (tertiary/aromatic N) is 2. The zero-order chi connectivity index (χ0) is 19.2. The molecule has 6 nitrogen and oxygen atoms in total. The highest BCUT2D eigenvalue weighted by atomic mass is 16.5. The van der Waals surface area contributed by atoms with Gasteiger partial charge in [-0.05, 0) is 48.4 Å². The molecular formula is C21H23N3O3. The van der Waals surface area contributed by atoms with Gasteiger partial charge in [-0.25, -0.2) is 4.68 Å². The summed E-state index contributed by atoms with van der Waals surface area (Å²) in [6.45, 7) is 2.06. The Hall–Kier alpha value is -3.28. The van der Waals surface area contributed by atoms with Crippen molar-refractivity contribution in [3.05, 3.63) is 65.9 Å². The van der Waals surface area contributed by atoms with E-state index in [0.717, 1.165) is 34.9 Å². The second kappa shape index (κ2) is 8.40. The lowest BCUT2D eigenvalue weighted by Gasteiger charge is -2.07. The molecule has 0 aliphatic heterocycles. The van der Waals surface area contributed by atoms with Gasteiger partial charge in [0.15, 0.2) is 5.82 Å². The first-order chi connectivity index (χ1) is 13.1. The van der Waals surface area contributed by atoms with Gasteiger partial charge in [0.25, 0.3) is 0 Å². The third-order valence-electron chi connectivity index (χ3n) is 4.25. The highest BCUT2D eigenvalue weighted by molar-refractivity contribution is 5.91. The Morgan fingerprint density at radius 1 is 1.00 bits per heavy atom. The highest BCUT2D eigenvalue weighted by Crippen LogP contribution is 2.20. The van der Waals surface area contributed by atoms with Gasteiger partial charge < -0.3 is 14.8 Å². The van der Waals surface area contributed by atoms with Gasteiger partial charge in [-0.2, -0.15) is 0 Å². The molecule has 1 aromatic heterocycles. The van der Waals surface area contributed by atoms with Crippen LogP contribution in [0.4, 0.5) is 5.82 Å². The van der Waals surface area contributed by atoms with Crippen LogP contribution in [-0.2, 0) is 17.6 Å². The number of hydrogen-bond acceptors (Lipinski definition) is 4. The van der Waals surface area contributed by atoms with E-state index >= 15 is 0 Å². The first-order valence-corrected chi connectivity index (χ1v) is 8.79. The monoisotopic (exact) mass is 365 g/mol. The van der Waals surface area contributed by atoms with Crippen LogP contribution in [0.1, 0.15) is 18.2 Å². The fourth-order valence-electron chi connectivity index (χ4n) is 2.80. The van der Waals surface area contributed by atoms with Crippen molar-refractivity contribution in [3.8, 4) is 17.2 Å². The minimum atomic E-state index is -0.109. The number of ether oxygens (including phenoxy) is 2. The van der Waals surface area contributed by atoms with Crippen molar-refractivity contribution in [1.29, 1.82) is 0 Å². The molecule has 0 aliphatic rings. The van der Waals surface area contributed by atoms with Gasteiger partial charge in [0.2, 0.25) is 5.91 Å². The number of amides is 1. The van der Waals surface area contributed by atoms with Gasteiger partial charge in [-0.15, -0.1) is 5.10 Å². The molecule has 0 bridgehead atoms. The van der Waals surface area contributed by atoms with Crippen LogP contribution in [-0.4, -0.2) is 29.9 Å². The lowest BCUT2D eigenvalue weighted by molar-refractivity contribution is -0.115. The third kappa shape index (κ3) is 4.47. The van der Waals surface area contributed by atoms with Crippen molar-refractivity contribution in [2.45, 2.75) is 19.8 Å². The molecule has 2 aromatic carbocycles. The number of carbonyl (C=O) groups excluding carboxylic acids is 1. The van der Waals surface area contributed by atoms with Gasteiger partial charge in [0, 0.05) is 11.8 Å². The minimum Gasteiger partial charge on any atom is -0.497 e. The molecule has 0 saturated carbocycles. The third-order valence-corrected chi connectivity index (χ3v) is 4.25. The van der Waals surface area contributed by atoms with Crippen molar-refractivity contribution >= 4 is 11.7 Å². The molecule has 3 rings (SSSR count). The van der Waals surface area contributed by atoms with Crippen molar-refractivity contribution in [3.63, 3.8) is 0 Å². The van der Waals surface area contributed by atoms with Crippen LogP contribution in [0.3, 0.4) is 0 Å². The summed E-state index contributed by atoms with van der Waals surface area (Å²) in [5, 5.41) is 7.42. The average molecular weight is 365 g/mol. The Kier molecular flexibility index (Phi) is 5.76. The van der Waals surface area contributed by atoms with Crippen molar-refractivity contribution in [1.82, 2.24) is 9.78 Å². The summed E-state index contributed by atoms with van der Waals surface area (Å²) in [6, 6.07) is 17.0. The van der Waals surface area contributed by atoms with Gasteiger partial charge in [0.05, 0.1) is 26.3 Å². The van der Waals surface area contributed by atoms with Gasteiger partial charge >= 0.3 is 0 Å². The Morgan fingerprint density at radius 3 is 2.15 bits per heavy atom. The van der Waals surface area contributed by atoms with E-state index in [1.54, 1.807) is 14.2 Å². The smallest absolute Gasteiger partial charge is 0.229 e. The summed E-state index contributed by atoms with van der Waals surface area (Å²) in [5.74, 6) is 1.99. The zero-order valence-corrected chi connectivity index (χ0v) is 15.7. The largest absolute Gasteiger partial charge is 0.497 e. The number of nitrogens with one attached hydrogen (secondary N) is 1. The van der Waals surface area contributed by atoms with Gasteiger partial charge in [-0.3, -0.25) is 4.79 Å². The Balaban J connectivity index is 1.72. The number of aromatic nitrogens is 2. The maximum Gasteiger partial charge on any atom is 0.229 e. The summed E-state index contributed by atoms with van der Waals surface area (Å²) in [4.78, 5) is 12.4. The van der Waals surface area contributed by atoms with Crippen molar-refractivity contribution < 1.29 is 14.3 Å². The topological polar surface area (TPSA) is 65.4 Å². The molecule has 0 fully saturated rings. The second-order valence-electron chi connectivity index (χ2n) is 6.06. The highest BCUT2D eigenvalue weighted by Gasteiger charge is 2.11.